The fourth-order valence-corrected chi connectivity index (χ4v) is 2.06. The lowest BCUT2D eigenvalue weighted by atomic mass is 9.81. The first-order valence-corrected chi connectivity index (χ1v) is 5.54. The Bertz CT molecular complexity index is 414. The van der Waals surface area contributed by atoms with Crippen molar-refractivity contribution in [3.05, 3.63) is 53.6 Å². The molecule has 0 heteroatoms. The van der Waals surface area contributed by atoms with Crippen LogP contribution in [0.25, 0.3) is 5.57 Å². The largest absolute Gasteiger partial charge is 0.0801 e. The maximum atomic E-state index is 2.27. The molecule has 2 rings (SSSR count). The zero-order valence-corrected chi connectivity index (χ0v) is 9.75. The minimum Gasteiger partial charge on any atom is -0.0801 e. The van der Waals surface area contributed by atoms with E-state index < -0.39 is 0 Å². The van der Waals surface area contributed by atoms with E-state index >= 15 is 0 Å². The van der Waals surface area contributed by atoms with Crippen molar-refractivity contribution >= 4 is 5.57 Å². The van der Waals surface area contributed by atoms with Crippen LogP contribution >= 0.6 is 0 Å². The van der Waals surface area contributed by atoms with Gasteiger partial charge in [-0.15, -0.1) is 0 Å². The Morgan fingerprint density at radius 1 is 1.07 bits per heavy atom. The molecule has 0 bridgehead atoms. The summed E-state index contributed by atoms with van der Waals surface area (Å²) in [5.41, 5.74) is 4.52. The zero-order chi connectivity index (χ0) is 10.9. The normalized spacial score (nSPS) is 15.5. The van der Waals surface area contributed by atoms with Gasteiger partial charge in [-0.1, -0.05) is 63.3 Å². The average Bonchev–Trinajstić information content (AvgIpc) is 2.69. The third-order valence-electron chi connectivity index (χ3n) is 2.85. The van der Waals surface area contributed by atoms with E-state index in [0.29, 0.717) is 0 Å². The third-order valence-corrected chi connectivity index (χ3v) is 2.85. The van der Waals surface area contributed by atoms with Gasteiger partial charge in [-0.3, -0.25) is 0 Å². The molecule has 0 aliphatic heterocycles. The van der Waals surface area contributed by atoms with Crippen LogP contribution in [0.5, 0.6) is 0 Å². The van der Waals surface area contributed by atoms with Crippen molar-refractivity contribution in [3.63, 3.8) is 0 Å². The quantitative estimate of drug-likeness (QED) is 0.630. The second kappa shape index (κ2) is 3.69. The molecule has 1 aromatic rings. The molecule has 0 heterocycles. The second-order valence-electron chi connectivity index (χ2n) is 5.12. The molecule has 0 saturated carbocycles. The van der Waals surface area contributed by atoms with Crippen LogP contribution in [0.2, 0.25) is 0 Å². The van der Waals surface area contributed by atoms with Gasteiger partial charge in [0.15, 0.2) is 0 Å². The summed E-state index contributed by atoms with van der Waals surface area (Å²) in [6.07, 6.45) is 7.67. The van der Waals surface area contributed by atoms with Gasteiger partial charge in [-0.2, -0.15) is 0 Å². The van der Waals surface area contributed by atoms with Gasteiger partial charge < -0.3 is 0 Å². The molecule has 78 valence electrons. The topological polar surface area (TPSA) is 0 Å². The van der Waals surface area contributed by atoms with E-state index in [1.54, 1.807) is 0 Å². The summed E-state index contributed by atoms with van der Waals surface area (Å²) in [6.45, 7) is 6.82. The maximum absolute atomic E-state index is 2.27. The highest BCUT2D eigenvalue weighted by Crippen LogP contribution is 2.33. The fourth-order valence-electron chi connectivity index (χ4n) is 2.06. The van der Waals surface area contributed by atoms with Crippen LogP contribution < -0.4 is 0 Å². The number of hydrogen-bond donors (Lipinski definition) is 0. The molecule has 0 unspecified atom stereocenters. The molecule has 0 nitrogen and oxygen atoms in total. The van der Waals surface area contributed by atoms with Crippen molar-refractivity contribution in [2.45, 2.75) is 32.6 Å². The van der Waals surface area contributed by atoms with Gasteiger partial charge in [-0.05, 0) is 28.5 Å². The predicted octanol–water partition coefficient (Wildman–Crippen LogP) is 4.33. The first-order valence-electron chi connectivity index (χ1n) is 5.54. The highest BCUT2D eigenvalue weighted by molar-refractivity contribution is 5.73. The summed E-state index contributed by atoms with van der Waals surface area (Å²) in [4.78, 5) is 0. The van der Waals surface area contributed by atoms with Crippen LogP contribution in [0, 0.1) is 0 Å². The molecule has 0 amide bonds. The zero-order valence-electron chi connectivity index (χ0n) is 9.75. The number of allylic oxidation sites excluding steroid dienone is 4. The SMILES string of the molecule is CC(C)(C)c1ccccc1C1=CC=CC1. The predicted molar refractivity (Wildman–Crippen MR) is 66.9 cm³/mol. The van der Waals surface area contributed by atoms with E-state index in [9.17, 15) is 0 Å². The standard InChI is InChI=1S/C15H18/c1-15(2,3)14-11-7-6-10-13(14)12-8-4-5-9-12/h4-8,10-11H,9H2,1-3H3. The van der Waals surface area contributed by atoms with Crippen LogP contribution in [0.1, 0.15) is 38.3 Å². The van der Waals surface area contributed by atoms with Crippen LogP contribution in [0.15, 0.2) is 42.5 Å². The van der Waals surface area contributed by atoms with Gasteiger partial charge >= 0.3 is 0 Å². The van der Waals surface area contributed by atoms with Gasteiger partial charge in [0.2, 0.25) is 0 Å². The Morgan fingerprint density at radius 2 is 1.80 bits per heavy atom. The van der Waals surface area contributed by atoms with Gasteiger partial charge in [-0.25, -0.2) is 0 Å². The Balaban J connectivity index is 2.47. The van der Waals surface area contributed by atoms with Crippen molar-refractivity contribution in [1.82, 2.24) is 0 Å². The summed E-state index contributed by atoms with van der Waals surface area (Å²) < 4.78 is 0. The summed E-state index contributed by atoms with van der Waals surface area (Å²) >= 11 is 0. The Labute approximate surface area is 92.3 Å². The smallest absolute Gasteiger partial charge is 0.00883 e. The van der Waals surface area contributed by atoms with Crippen molar-refractivity contribution in [2.24, 2.45) is 0 Å². The lowest BCUT2D eigenvalue weighted by Gasteiger charge is -2.23. The second-order valence-corrected chi connectivity index (χ2v) is 5.12. The van der Waals surface area contributed by atoms with E-state index in [1.165, 1.54) is 16.7 Å². The molecule has 1 aliphatic rings. The summed E-state index contributed by atoms with van der Waals surface area (Å²) in [5, 5.41) is 0. The van der Waals surface area contributed by atoms with Crippen LogP contribution in [0.4, 0.5) is 0 Å². The molecular weight excluding hydrogens is 180 g/mol. The molecule has 0 atom stereocenters. The molecule has 0 N–H and O–H groups in total. The summed E-state index contributed by atoms with van der Waals surface area (Å²) in [7, 11) is 0. The average molecular weight is 198 g/mol. The minimum absolute atomic E-state index is 0.222. The van der Waals surface area contributed by atoms with Crippen LogP contribution in [0.3, 0.4) is 0 Å². The van der Waals surface area contributed by atoms with Crippen molar-refractivity contribution in [1.29, 1.82) is 0 Å². The van der Waals surface area contributed by atoms with Gasteiger partial charge in [0.1, 0.15) is 0 Å². The van der Waals surface area contributed by atoms with Crippen LogP contribution in [-0.2, 0) is 5.41 Å². The molecule has 15 heavy (non-hydrogen) atoms. The van der Waals surface area contributed by atoms with Gasteiger partial charge in [0.25, 0.3) is 0 Å². The van der Waals surface area contributed by atoms with Gasteiger partial charge in [0.05, 0.1) is 0 Å². The molecule has 0 saturated heterocycles. The monoisotopic (exact) mass is 198 g/mol. The van der Waals surface area contributed by atoms with Crippen LogP contribution in [-0.4, -0.2) is 0 Å². The highest BCUT2D eigenvalue weighted by Gasteiger charge is 2.19. The van der Waals surface area contributed by atoms with E-state index in [2.05, 4.69) is 63.3 Å². The van der Waals surface area contributed by atoms with Crippen molar-refractivity contribution in [2.75, 3.05) is 0 Å². The van der Waals surface area contributed by atoms with E-state index in [4.69, 9.17) is 0 Å². The van der Waals surface area contributed by atoms with E-state index in [-0.39, 0.29) is 5.41 Å². The van der Waals surface area contributed by atoms with Gasteiger partial charge in [0, 0.05) is 0 Å². The Kier molecular flexibility index (Phi) is 2.52. The molecular formula is C15H18. The molecule has 1 aromatic carbocycles. The fraction of sp³-hybridized carbons (Fsp3) is 0.333. The first kappa shape index (κ1) is 10.2. The van der Waals surface area contributed by atoms with Crippen molar-refractivity contribution < 1.29 is 0 Å². The molecule has 0 spiro atoms. The third kappa shape index (κ3) is 2.04. The lowest BCUT2D eigenvalue weighted by molar-refractivity contribution is 0.588. The molecule has 1 aliphatic carbocycles. The number of rotatable bonds is 1. The summed E-state index contributed by atoms with van der Waals surface area (Å²) in [5.74, 6) is 0. The summed E-state index contributed by atoms with van der Waals surface area (Å²) in [6, 6.07) is 8.74. The molecule has 0 fully saturated rings. The Hall–Kier alpha value is -1.30. The maximum Gasteiger partial charge on any atom is -0.00883 e. The van der Waals surface area contributed by atoms with E-state index in [0.717, 1.165) is 6.42 Å². The highest BCUT2D eigenvalue weighted by atomic mass is 14.2. The minimum atomic E-state index is 0.222. The molecule has 0 radical (unpaired) electrons. The Morgan fingerprint density at radius 3 is 2.40 bits per heavy atom. The molecule has 0 aromatic heterocycles. The van der Waals surface area contributed by atoms with Crippen molar-refractivity contribution in [3.8, 4) is 0 Å². The van der Waals surface area contributed by atoms with E-state index in [1.807, 2.05) is 0 Å². The number of hydrogen-bond acceptors (Lipinski definition) is 0. The number of benzene rings is 1. The first-order chi connectivity index (χ1) is 7.09. The lowest BCUT2D eigenvalue weighted by Crippen LogP contribution is -2.13.